The Bertz CT molecular complexity index is 754. The number of rotatable bonds is 4. The van der Waals surface area contributed by atoms with Crippen molar-refractivity contribution < 1.29 is 23.9 Å². The van der Waals surface area contributed by atoms with Gasteiger partial charge in [0.2, 0.25) is 0 Å². The number of hydrogen-bond donors (Lipinski definition) is 2. The summed E-state index contributed by atoms with van der Waals surface area (Å²) in [6.45, 7) is 13.5. The molecule has 1 aromatic carbocycles. The van der Waals surface area contributed by atoms with Gasteiger partial charge in [0.05, 0.1) is 15.7 Å². The van der Waals surface area contributed by atoms with E-state index in [1.165, 1.54) is 0 Å². The van der Waals surface area contributed by atoms with Crippen LogP contribution in [0.5, 0.6) is 5.75 Å². The number of phenols is 1. The Balaban J connectivity index is 2.27. The average Bonchev–Trinajstić information content (AvgIpc) is 2.73. The number of amides is 1. The fourth-order valence-electron chi connectivity index (χ4n) is 2.51. The van der Waals surface area contributed by atoms with Crippen molar-refractivity contribution in [1.82, 2.24) is 5.32 Å². The Kier molecular flexibility index (Phi) is 6.58. The van der Waals surface area contributed by atoms with E-state index in [1.54, 1.807) is 18.2 Å². The summed E-state index contributed by atoms with van der Waals surface area (Å²) in [5.74, 6) is 0.154. The smallest absolute Gasteiger partial charge is 0.492 e. The molecule has 0 radical (unpaired) electrons. The van der Waals surface area contributed by atoms with E-state index in [1.807, 2.05) is 54.5 Å². The molecule has 0 bridgehead atoms. The third-order valence-electron chi connectivity index (χ3n) is 4.72. The van der Waals surface area contributed by atoms with Crippen LogP contribution in [0.15, 0.2) is 28.1 Å². The lowest BCUT2D eigenvalue weighted by Gasteiger charge is -2.32. The second kappa shape index (κ2) is 8.09. The number of aromatic hydroxyl groups is 1. The average molecular weight is 454 g/mol. The van der Waals surface area contributed by atoms with Crippen LogP contribution in [-0.2, 0) is 14.0 Å². The van der Waals surface area contributed by atoms with Crippen molar-refractivity contribution in [2.45, 2.75) is 65.3 Å². The lowest BCUT2D eigenvalue weighted by Crippen LogP contribution is -2.41. The predicted octanol–water partition coefficient (Wildman–Crippen LogP) is 4.69. The van der Waals surface area contributed by atoms with Gasteiger partial charge in [-0.05, 0) is 87.6 Å². The number of carbonyl (C=O) groups is 1. The Hall–Kier alpha value is -1.51. The summed E-state index contributed by atoms with van der Waals surface area (Å²) in [6, 6.07) is 5.16. The van der Waals surface area contributed by atoms with Gasteiger partial charge in [-0.3, -0.25) is 0 Å². The van der Waals surface area contributed by atoms with Crippen molar-refractivity contribution in [3.05, 3.63) is 33.7 Å². The van der Waals surface area contributed by atoms with Gasteiger partial charge in [0.25, 0.3) is 0 Å². The molecule has 2 N–H and O–H groups in total. The molecule has 2 rings (SSSR count). The van der Waals surface area contributed by atoms with Gasteiger partial charge in [0.15, 0.2) is 0 Å². The molecule has 0 aromatic heterocycles. The molecule has 8 heteroatoms. The molecule has 0 saturated carbocycles. The van der Waals surface area contributed by atoms with Gasteiger partial charge >= 0.3 is 13.2 Å². The van der Waals surface area contributed by atoms with Crippen LogP contribution >= 0.6 is 15.9 Å². The molecule has 28 heavy (non-hydrogen) atoms. The van der Waals surface area contributed by atoms with E-state index in [0.29, 0.717) is 4.47 Å². The van der Waals surface area contributed by atoms with Crippen LogP contribution in [0.3, 0.4) is 0 Å². The van der Waals surface area contributed by atoms with Crippen LogP contribution in [-0.4, -0.2) is 41.7 Å². The minimum atomic E-state index is -0.618. The first-order chi connectivity index (χ1) is 12.7. The van der Waals surface area contributed by atoms with E-state index in [0.717, 1.165) is 11.0 Å². The van der Waals surface area contributed by atoms with Crippen LogP contribution in [0.25, 0.3) is 6.08 Å². The summed E-state index contributed by atoms with van der Waals surface area (Å²) in [4.78, 5) is 12.1. The maximum absolute atomic E-state index is 12.1. The first-order valence-electron chi connectivity index (χ1n) is 9.22. The van der Waals surface area contributed by atoms with E-state index in [9.17, 15) is 9.90 Å². The number of alkyl carbamates (subject to hydrolysis) is 1. The molecule has 0 atom stereocenters. The van der Waals surface area contributed by atoms with Crippen LogP contribution in [0, 0.1) is 0 Å². The normalized spacial score (nSPS) is 18.9. The minimum Gasteiger partial charge on any atom is -0.507 e. The van der Waals surface area contributed by atoms with Crippen LogP contribution in [0.1, 0.15) is 54.0 Å². The Morgan fingerprint density at radius 2 is 1.82 bits per heavy atom. The third-order valence-corrected chi connectivity index (χ3v) is 5.35. The summed E-state index contributed by atoms with van der Waals surface area (Å²) < 4.78 is 18.2. The van der Waals surface area contributed by atoms with Gasteiger partial charge in [0, 0.05) is 6.54 Å². The zero-order chi connectivity index (χ0) is 21.3. The SMILES string of the molecule is CC(C)(C)OC(=O)NCC(=Cc1ccc(O)c(Br)c1)B1OC(C)(C)C(C)(C)O1. The van der Waals surface area contributed by atoms with Crippen molar-refractivity contribution in [3.8, 4) is 5.75 Å². The molecule has 6 nitrogen and oxygen atoms in total. The fourth-order valence-corrected chi connectivity index (χ4v) is 2.91. The lowest BCUT2D eigenvalue weighted by atomic mass is 9.77. The van der Waals surface area contributed by atoms with Gasteiger partial charge in [-0.15, -0.1) is 0 Å². The lowest BCUT2D eigenvalue weighted by molar-refractivity contribution is 0.00578. The molecule has 1 amide bonds. The minimum absolute atomic E-state index is 0.154. The summed E-state index contributed by atoms with van der Waals surface area (Å²) >= 11 is 3.32. The van der Waals surface area contributed by atoms with Gasteiger partial charge in [-0.1, -0.05) is 12.1 Å². The highest BCUT2D eigenvalue weighted by atomic mass is 79.9. The second-order valence-corrected chi connectivity index (χ2v) is 9.73. The summed E-state index contributed by atoms with van der Waals surface area (Å²) in [5, 5.41) is 12.5. The molecule has 0 unspecified atom stereocenters. The van der Waals surface area contributed by atoms with Gasteiger partial charge in [0.1, 0.15) is 11.4 Å². The number of carbonyl (C=O) groups excluding carboxylic acids is 1. The van der Waals surface area contributed by atoms with Crippen LogP contribution < -0.4 is 5.32 Å². The molecule has 0 spiro atoms. The van der Waals surface area contributed by atoms with Crippen molar-refractivity contribution in [3.63, 3.8) is 0 Å². The maximum Gasteiger partial charge on any atom is 0.492 e. The molecule has 154 valence electrons. The van der Waals surface area contributed by atoms with Crippen molar-refractivity contribution in [2.75, 3.05) is 6.54 Å². The number of benzene rings is 1. The molecule has 1 aliphatic rings. The molecule has 1 aliphatic heterocycles. The van der Waals surface area contributed by atoms with Crippen molar-refractivity contribution in [2.24, 2.45) is 0 Å². The van der Waals surface area contributed by atoms with Gasteiger partial charge in [-0.2, -0.15) is 0 Å². The van der Waals surface area contributed by atoms with E-state index < -0.39 is 30.0 Å². The van der Waals surface area contributed by atoms with Crippen LogP contribution in [0.2, 0.25) is 0 Å². The number of hydrogen-bond acceptors (Lipinski definition) is 5. The first kappa shape index (κ1) is 22.8. The topological polar surface area (TPSA) is 77.0 Å². The molecule has 1 saturated heterocycles. The number of nitrogens with one attached hydrogen (secondary N) is 1. The quantitative estimate of drug-likeness (QED) is 0.646. The Labute approximate surface area is 175 Å². The molecule has 1 aromatic rings. The van der Waals surface area contributed by atoms with Crippen LogP contribution in [0.4, 0.5) is 4.79 Å². The standard InChI is InChI=1S/C20H29BBrNO5/c1-18(2,3)26-17(25)23-12-14(10-13-8-9-16(24)15(22)11-13)21-27-19(4,5)20(6,7)28-21/h8-11,24H,12H2,1-7H3,(H,23,25). The Morgan fingerprint density at radius 3 is 2.32 bits per heavy atom. The fraction of sp³-hybridized carbons (Fsp3) is 0.550. The van der Waals surface area contributed by atoms with Gasteiger partial charge in [-0.25, -0.2) is 4.79 Å². The largest absolute Gasteiger partial charge is 0.507 e. The number of ether oxygens (including phenoxy) is 1. The molecule has 1 heterocycles. The maximum atomic E-state index is 12.1. The molecule has 0 aliphatic carbocycles. The third kappa shape index (κ3) is 5.75. The summed E-state index contributed by atoms with van der Waals surface area (Å²) in [6.07, 6.45) is 1.37. The zero-order valence-corrected chi connectivity index (χ0v) is 19.1. The van der Waals surface area contributed by atoms with E-state index >= 15 is 0 Å². The van der Waals surface area contributed by atoms with Crippen molar-refractivity contribution >= 4 is 35.2 Å². The highest BCUT2D eigenvalue weighted by molar-refractivity contribution is 9.10. The molecular weight excluding hydrogens is 425 g/mol. The van der Waals surface area contributed by atoms with Crippen molar-refractivity contribution in [1.29, 1.82) is 0 Å². The summed E-state index contributed by atoms with van der Waals surface area (Å²) in [5.41, 5.74) is -0.0150. The second-order valence-electron chi connectivity index (χ2n) is 8.87. The molecule has 1 fully saturated rings. The highest BCUT2D eigenvalue weighted by Gasteiger charge is 2.52. The predicted molar refractivity (Wildman–Crippen MR) is 114 cm³/mol. The van der Waals surface area contributed by atoms with E-state index in [2.05, 4.69) is 21.2 Å². The first-order valence-corrected chi connectivity index (χ1v) is 10.0. The Morgan fingerprint density at radius 1 is 1.25 bits per heavy atom. The number of halogens is 1. The summed E-state index contributed by atoms with van der Waals surface area (Å²) in [7, 11) is -0.618. The molecular formula is C20H29BBrNO5. The zero-order valence-electron chi connectivity index (χ0n) is 17.6. The van der Waals surface area contributed by atoms with E-state index in [4.69, 9.17) is 14.0 Å². The van der Waals surface area contributed by atoms with Gasteiger partial charge < -0.3 is 24.5 Å². The number of phenolic OH excluding ortho intramolecular Hbond substituents is 1. The van der Waals surface area contributed by atoms with E-state index in [-0.39, 0.29) is 12.3 Å². The monoisotopic (exact) mass is 453 g/mol. The highest BCUT2D eigenvalue weighted by Crippen LogP contribution is 2.39.